The SMILES string of the molecule is COCC1=CCN(c2ccc([C@H](C)N)cc2Cl)CC1. The maximum atomic E-state index is 6.36. The minimum atomic E-state index is 0.0149. The smallest absolute Gasteiger partial charge is 0.0674 e. The number of hydrogen-bond acceptors (Lipinski definition) is 3. The van der Waals surface area contributed by atoms with Gasteiger partial charge in [0.15, 0.2) is 0 Å². The second kappa shape index (κ2) is 6.42. The molecule has 19 heavy (non-hydrogen) atoms. The first-order valence-corrected chi connectivity index (χ1v) is 6.96. The molecule has 3 nitrogen and oxygen atoms in total. The number of nitrogens with two attached hydrogens (primary N) is 1. The van der Waals surface area contributed by atoms with Crippen molar-refractivity contribution in [3.8, 4) is 0 Å². The first kappa shape index (κ1) is 14.4. The lowest BCUT2D eigenvalue weighted by molar-refractivity contribution is 0.222. The second-order valence-electron chi connectivity index (χ2n) is 4.99. The summed E-state index contributed by atoms with van der Waals surface area (Å²) in [7, 11) is 1.73. The van der Waals surface area contributed by atoms with Crippen LogP contribution in [0.5, 0.6) is 0 Å². The molecule has 1 aromatic carbocycles. The molecule has 0 aliphatic carbocycles. The van der Waals surface area contributed by atoms with Crippen LogP contribution >= 0.6 is 11.6 Å². The van der Waals surface area contributed by atoms with Gasteiger partial charge >= 0.3 is 0 Å². The predicted octanol–water partition coefficient (Wildman–Crippen LogP) is 3.14. The number of ether oxygens (including phenoxy) is 1. The average Bonchev–Trinajstić information content (AvgIpc) is 2.40. The third kappa shape index (κ3) is 3.50. The van der Waals surface area contributed by atoms with Crippen LogP contribution in [0.1, 0.15) is 24.9 Å². The summed E-state index contributed by atoms with van der Waals surface area (Å²) in [5, 5.41) is 0.776. The van der Waals surface area contributed by atoms with Gasteiger partial charge in [0.1, 0.15) is 0 Å². The van der Waals surface area contributed by atoms with Gasteiger partial charge in [-0.25, -0.2) is 0 Å². The highest BCUT2D eigenvalue weighted by molar-refractivity contribution is 6.33. The van der Waals surface area contributed by atoms with Crippen LogP contribution in [0.4, 0.5) is 5.69 Å². The topological polar surface area (TPSA) is 38.5 Å². The van der Waals surface area contributed by atoms with Crippen LogP contribution in [0, 0.1) is 0 Å². The number of halogens is 1. The molecule has 1 atom stereocenters. The second-order valence-corrected chi connectivity index (χ2v) is 5.40. The third-order valence-electron chi connectivity index (χ3n) is 3.47. The summed E-state index contributed by atoms with van der Waals surface area (Å²) >= 11 is 6.36. The quantitative estimate of drug-likeness (QED) is 0.861. The standard InChI is InChI=1S/C15H21ClN2O/c1-11(17)13-3-4-15(14(16)9-13)18-7-5-12(6-8-18)10-19-2/h3-5,9,11H,6-8,10,17H2,1-2H3/t11-/m0/s1. The molecule has 4 heteroatoms. The van der Waals surface area contributed by atoms with Crippen LogP contribution in [0.15, 0.2) is 29.8 Å². The molecule has 0 saturated carbocycles. The molecule has 0 amide bonds. The van der Waals surface area contributed by atoms with Gasteiger partial charge in [0.05, 0.1) is 17.3 Å². The Bertz CT molecular complexity index is 471. The Labute approximate surface area is 120 Å². The number of nitrogens with zero attached hydrogens (tertiary/aromatic N) is 1. The maximum absolute atomic E-state index is 6.36. The predicted molar refractivity (Wildman–Crippen MR) is 80.8 cm³/mol. The number of anilines is 1. The fourth-order valence-corrected chi connectivity index (χ4v) is 2.62. The van der Waals surface area contributed by atoms with Crippen molar-refractivity contribution >= 4 is 17.3 Å². The van der Waals surface area contributed by atoms with Crippen LogP contribution in [0.3, 0.4) is 0 Å². The summed E-state index contributed by atoms with van der Waals surface area (Å²) in [6, 6.07) is 6.10. The van der Waals surface area contributed by atoms with Crippen molar-refractivity contribution in [3.63, 3.8) is 0 Å². The summed E-state index contributed by atoms with van der Waals surface area (Å²) in [5.74, 6) is 0. The monoisotopic (exact) mass is 280 g/mol. The van der Waals surface area contributed by atoms with Crippen molar-refractivity contribution in [2.45, 2.75) is 19.4 Å². The zero-order valence-corrected chi connectivity index (χ0v) is 12.3. The Hall–Kier alpha value is -1.03. The van der Waals surface area contributed by atoms with E-state index in [-0.39, 0.29) is 6.04 Å². The van der Waals surface area contributed by atoms with Gasteiger partial charge < -0.3 is 15.4 Å². The average molecular weight is 281 g/mol. The van der Waals surface area contributed by atoms with Crippen LogP contribution in [0.25, 0.3) is 0 Å². The Morgan fingerprint density at radius 2 is 2.26 bits per heavy atom. The highest BCUT2D eigenvalue weighted by Gasteiger charge is 2.15. The molecule has 0 radical (unpaired) electrons. The van der Waals surface area contributed by atoms with Gasteiger partial charge in [0.25, 0.3) is 0 Å². The van der Waals surface area contributed by atoms with Gasteiger partial charge in [0.2, 0.25) is 0 Å². The van der Waals surface area contributed by atoms with Gasteiger partial charge in [-0.05, 0) is 36.6 Å². The lowest BCUT2D eigenvalue weighted by Crippen LogP contribution is -2.29. The Kier molecular flexibility index (Phi) is 4.86. The summed E-state index contributed by atoms with van der Waals surface area (Å²) in [6.07, 6.45) is 3.25. The van der Waals surface area contributed by atoms with Crippen molar-refractivity contribution in [2.75, 3.05) is 31.7 Å². The normalized spacial score (nSPS) is 17.3. The van der Waals surface area contributed by atoms with Crippen LogP contribution < -0.4 is 10.6 Å². The molecule has 0 bridgehead atoms. The minimum Gasteiger partial charge on any atom is -0.380 e. The lowest BCUT2D eigenvalue weighted by Gasteiger charge is -2.29. The summed E-state index contributed by atoms with van der Waals surface area (Å²) < 4.78 is 5.16. The van der Waals surface area contributed by atoms with Crippen molar-refractivity contribution in [3.05, 3.63) is 40.4 Å². The molecule has 0 fully saturated rings. The maximum Gasteiger partial charge on any atom is 0.0674 e. The summed E-state index contributed by atoms with van der Waals surface area (Å²) in [4.78, 5) is 2.28. The molecule has 0 unspecified atom stereocenters. The molecule has 1 aromatic rings. The van der Waals surface area contributed by atoms with Crippen LogP contribution in [-0.4, -0.2) is 26.8 Å². The highest BCUT2D eigenvalue weighted by atomic mass is 35.5. The number of hydrogen-bond donors (Lipinski definition) is 1. The summed E-state index contributed by atoms with van der Waals surface area (Å²) in [5.41, 5.74) is 9.38. The Morgan fingerprint density at radius 3 is 2.79 bits per heavy atom. The van der Waals surface area contributed by atoms with E-state index < -0.39 is 0 Å². The Balaban J connectivity index is 2.11. The molecule has 2 rings (SSSR count). The molecule has 1 heterocycles. The molecule has 0 aromatic heterocycles. The van der Waals surface area contributed by atoms with E-state index in [1.165, 1.54) is 5.57 Å². The van der Waals surface area contributed by atoms with Gasteiger partial charge in [-0.2, -0.15) is 0 Å². The number of methoxy groups -OCH3 is 1. The lowest BCUT2D eigenvalue weighted by atomic mass is 10.1. The molecule has 1 aliphatic heterocycles. The van der Waals surface area contributed by atoms with E-state index >= 15 is 0 Å². The van der Waals surface area contributed by atoms with E-state index in [9.17, 15) is 0 Å². The molecular formula is C15H21ClN2O. The molecule has 2 N–H and O–H groups in total. The van der Waals surface area contributed by atoms with Gasteiger partial charge in [-0.3, -0.25) is 0 Å². The van der Waals surface area contributed by atoms with Crippen molar-refractivity contribution in [1.82, 2.24) is 0 Å². The van der Waals surface area contributed by atoms with Crippen molar-refractivity contribution in [1.29, 1.82) is 0 Å². The number of rotatable bonds is 4. The van der Waals surface area contributed by atoms with E-state index in [0.717, 1.165) is 42.4 Å². The highest BCUT2D eigenvalue weighted by Crippen LogP contribution is 2.30. The molecule has 1 aliphatic rings. The van der Waals surface area contributed by atoms with Crippen LogP contribution in [-0.2, 0) is 4.74 Å². The molecular weight excluding hydrogens is 260 g/mol. The molecule has 0 saturated heterocycles. The van der Waals surface area contributed by atoms with E-state index in [1.807, 2.05) is 13.0 Å². The summed E-state index contributed by atoms with van der Waals surface area (Å²) in [6.45, 7) is 4.56. The third-order valence-corrected chi connectivity index (χ3v) is 3.77. The first-order chi connectivity index (χ1) is 9.11. The van der Waals surface area contributed by atoms with Gasteiger partial charge in [0, 0.05) is 26.2 Å². The fourth-order valence-electron chi connectivity index (χ4n) is 2.31. The first-order valence-electron chi connectivity index (χ1n) is 6.58. The largest absolute Gasteiger partial charge is 0.380 e. The van der Waals surface area contributed by atoms with Gasteiger partial charge in [-0.15, -0.1) is 0 Å². The zero-order valence-electron chi connectivity index (χ0n) is 11.5. The van der Waals surface area contributed by atoms with Crippen molar-refractivity contribution in [2.24, 2.45) is 5.73 Å². The molecule has 0 spiro atoms. The van der Waals surface area contributed by atoms with Crippen molar-refractivity contribution < 1.29 is 4.74 Å². The zero-order chi connectivity index (χ0) is 13.8. The van der Waals surface area contributed by atoms with E-state index in [0.29, 0.717) is 0 Å². The molecule has 104 valence electrons. The van der Waals surface area contributed by atoms with E-state index in [4.69, 9.17) is 22.1 Å². The van der Waals surface area contributed by atoms with Crippen LogP contribution in [0.2, 0.25) is 5.02 Å². The van der Waals surface area contributed by atoms with Gasteiger partial charge in [-0.1, -0.05) is 23.7 Å². The number of benzene rings is 1. The fraction of sp³-hybridized carbons (Fsp3) is 0.467. The minimum absolute atomic E-state index is 0.0149. The van der Waals surface area contributed by atoms with E-state index in [1.54, 1.807) is 7.11 Å². The Morgan fingerprint density at radius 1 is 1.47 bits per heavy atom. The van der Waals surface area contributed by atoms with E-state index in [2.05, 4.69) is 23.1 Å².